The Balaban J connectivity index is 2.00. The number of ether oxygens (including phenoxy) is 1. The lowest BCUT2D eigenvalue weighted by atomic mass is 10.2. The molecule has 1 unspecified atom stereocenters. The minimum Gasteiger partial charge on any atom is -0.494 e. The van der Waals surface area contributed by atoms with Gasteiger partial charge in [-0.1, -0.05) is 24.6 Å². The summed E-state index contributed by atoms with van der Waals surface area (Å²) in [5.41, 5.74) is 1.29. The van der Waals surface area contributed by atoms with Crippen molar-refractivity contribution >= 4 is 10.9 Å². The minimum atomic E-state index is 0.645. The molecule has 0 aromatic heterocycles. The van der Waals surface area contributed by atoms with Gasteiger partial charge in [-0.15, -0.1) is 0 Å². The highest BCUT2D eigenvalue weighted by atomic mass is 32.2. The van der Waals surface area contributed by atoms with Crippen LogP contribution < -0.4 is 4.74 Å². The monoisotopic (exact) mass is 267 g/mol. The third-order valence-corrected chi connectivity index (χ3v) is 5.07. The van der Waals surface area contributed by atoms with Crippen LogP contribution >= 0.6 is 0 Å². The summed E-state index contributed by atoms with van der Waals surface area (Å²) in [7, 11) is 0.645. The van der Waals surface area contributed by atoms with Crippen LogP contribution in [0.1, 0.15) is 38.2 Å². The zero-order valence-electron chi connectivity index (χ0n) is 12.1. The van der Waals surface area contributed by atoms with E-state index in [0.29, 0.717) is 10.9 Å². The molecule has 0 N–H and O–H groups in total. The molecule has 0 heterocycles. The lowest BCUT2D eigenvalue weighted by Crippen LogP contribution is -2.09. The Morgan fingerprint density at radius 3 is 2.39 bits per heavy atom. The molecule has 0 saturated carbocycles. The largest absolute Gasteiger partial charge is 0.494 e. The van der Waals surface area contributed by atoms with Gasteiger partial charge < -0.3 is 4.74 Å². The normalized spacial score (nSPS) is 12.4. The molecule has 0 amide bonds. The van der Waals surface area contributed by atoms with E-state index in [-0.39, 0.29) is 0 Å². The molecular weight excluding hydrogens is 240 g/mol. The van der Waals surface area contributed by atoms with E-state index in [4.69, 9.17) is 4.74 Å². The van der Waals surface area contributed by atoms with E-state index in [1.165, 1.54) is 42.8 Å². The fourth-order valence-corrected chi connectivity index (χ4v) is 3.50. The van der Waals surface area contributed by atoms with Crippen molar-refractivity contribution in [2.24, 2.45) is 0 Å². The van der Waals surface area contributed by atoms with Gasteiger partial charge in [-0.05, 0) is 55.6 Å². The van der Waals surface area contributed by atoms with E-state index in [1.807, 2.05) is 0 Å². The van der Waals surface area contributed by atoms with Crippen LogP contribution in [-0.4, -0.2) is 24.4 Å². The third-order valence-electron chi connectivity index (χ3n) is 2.98. The van der Waals surface area contributed by atoms with E-state index in [2.05, 4.69) is 44.4 Å². The highest BCUT2D eigenvalue weighted by molar-refractivity contribution is 7.96. The Morgan fingerprint density at radius 1 is 1.00 bits per heavy atom. The summed E-state index contributed by atoms with van der Waals surface area (Å²) in [6, 6.07) is 8.31. The van der Waals surface area contributed by atoms with Crippen LogP contribution in [0.3, 0.4) is 0 Å². The van der Waals surface area contributed by atoms with Crippen LogP contribution in [0.2, 0.25) is 0 Å². The van der Waals surface area contributed by atoms with Gasteiger partial charge in [-0.2, -0.15) is 0 Å². The third kappa shape index (κ3) is 6.95. The second-order valence-electron chi connectivity index (χ2n) is 4.91. The summed E-state index contributed by atoms with van der Waals surface area (Å²) >= 11 is 0. The quantitative estimate of drug-likeness (QED) is 0.481. The fraction of sp³-hybridized carbons (Fsp3) is 0.625. The van der Waals surface area contributed by atoms with Crippen molar-refractivity contribution in [3.05, 3.63) is 29.8 Å². The van der Waals surface area contributed by atoms with Crippen molar-refractivity contribution in [3.63, 3.8) is 0 Å². The van der Waals surface area contributed by atoms with E-state index >= 15 is 0 Å². The van der Waals surface area contributed by atoms with Crippen LogP contribution in [0.5, 0.6) is 5.75 Å². The maximum Gasteiger partial charge on any atom is 0.119 e. The second-order valence-corrected chi connectivity index (χ2v) is 7.29. The van der Waals surface area contributed by atoms with E-state index in [0.717, 1.165) is 12.4 Å². The molecule has 1 aromatic rings. The van der Waals surface area contributed by atoms with Crippen molar-refractivity contribution in [2.45, 2.75) is 39.5 Å². The molecular formula is C16H27OS+. The Kier molecular flexibility index (Phi) is 7.99. The molecule has 0 spiro atoms. The molecule has 0 aliphatic heterocycles. The zero-order valence-corrected chi connectivity index (χ0v) is 12.9. The summed E-state index contributed by atoms with van der Waals surface area (Å²) in [5, 5.41) is 0. The standard InChI is InChI=1S/C16H27OS/c1-4-13-18(3)14-7-5-6-12-17-16-10-8-15(2)9-11-16/h8-11H,4-7,12-14H2,1-3H3/q+1. The van der Waals surface area contributed by atoms with Gasteiger partial charge in [-0.25, -0.2) is 0 Å². The first-order valence-electron chi connectivity index (χ1n) is 7.01. The van der Waals surface area contributed by atoms with Crippen molar-refractivity contribution in [2.75, 3.05) is 24.4 Å². The van der Waals surface area contributed by atoms with Gasteiger partial charge in [0.25, 0.3) is 0 Å². The molecule has 18 heavy (non-hydrogen) atoms. The molecule has 0 radical (unpaired) electrons. The molecule has 102 valence electrons. The van der Waals surface area contributed by atoms with Crippen molar-refractivity contribution in [1.29, 1.82) is 0 Å². The van der Waals surface area contributed by atoms with Crippen molar-refractivity contribution in [3.8, 4) is 5.75 Å². The molecule has 0 saturated heterocycles. The van der Waals surface area contributed by atoms with Crippen LogP contribution in [0.4, 0.5) is 0 Å². The lowest BCUT2D eigenvalue weighted by molar-refractivity contribution is 0.306. The number of benzene rings is 1. The molecule has 1 atom stereocenters. The van der Waals surface area contributed by atoms with Gasteiger partial charge in [0.1, 0.15) is 17.3 Å². The van der Waals surface area contributed by atoms with Crippen LogP contribution in [0, 0.1) is 6.92 Å². The number of hydrogen-bond donors (Lipinski definition) is 0. The smallest absolute Gasteiger partial charge is 0.119 e. The van der Waals surface area contributed by atoms with Gasteiger partial charge >= 0.3 is 0 Å². The number of rotatable bonds is 9. The zero-order chi connectivity index (χ0) is 13.2. The van der Waals surface area contributed by atoms with Gasteiger partial charge in [0.05, 0.1) is 12.9 Å². The van der Waals surface area contributed by atoms with Gasteiger partial charge in [-0.3, -0.25) is 0 Å². The van der Waals surface area contributed by atoms with E-state index in [1.54, 1.807) is 0 Å². The summed E-state index contributed by atoms with van der Waals surface area (Å²) in [4.78, 5) is 0. The second kappa shape index (κ2) is 9.32. The molecule has 0 fully saturated rings. The van der Waals surface area contributed by atoms with Gasteiger partial charge in [0.15, 0.2) is 0 Å². The first kappa shape index (κ1) is 15.4. The van der Waals surface area contributed by atoms with E-state index in [9.17, 15) is 0 Å². The Bertz CT molecular complexity index is 307. The van der Waals surface area contributed by atoms with Crippen LogP contribution in [-0.2, 0) is 10.9 Å². The SMILES string of the molecule is CCC[S+](C)CCCCCOc1ccc(C)cc1. The van der Waals surface area contributed by atoms with Crippen LogP contribution in [0.15, 0.2) is 24.3 Å². The number of unbranched alkanes of at least 4 members (excludes halogenated alkanes) is 2. The lowest BCUT2D eigenvalue weighted by Gasteiger charge is -2.06. The predicted octanol–water partition coefficient (Wildman–Crippen LogP) is 4.20. The Labute approximate surface area is 115 Å². The summed E-state index contributed by atoms with van der Waals surface area (Å²) in [5.74, 6) is 3.81. The summed E-state index contributed by atoms with van der Waals surface area (Å²) in [6.07, 6.45) is 7.56. The molecule has 2 heteroatoms. The molecule has 1 rings (SSSR count). The first-order valence-corrected chi connectivity index (χ1v) is 8.98. The topological polar surface area (TPSA) is 9.23 Å². The molecule has 0 aliphatic carbocycles. The first-order chi connectivity index (χ1) is 8.72. The minimum absolute atomic E-state index is 0.645. The number of hydrogen-bond acceptors (Lipinski definition) is 1. The maximum atomic E-state index is 5.72. The average molecular weight is 267 g/mol. The van der Waals surface area contributed by atoms with E-state index < -0.39 is 0 Å². The highest BCUT2D eigenvalue weighted by Crippen LogP contribution is 2.12. The Hall–Kier alpha value is -0.630. The predicted molar refractivity (Wildman–Crippen MR) is 83.8 cm³/mol. The average Bonchev–Trinajstić information content (AvgIpc) is 2.36. The Morgan fingerprint density at radius 2 is 1.72 bits per heavy atom. The molecule has 1 aromatic carbocycles. The van der Waals surface area contributed by atoms with Crippen molar-refractivity contribution in [1.82, 2.24) is 0 Å². The number of aryl methyl sites for hydroxylation is 1. The summed E-state index contributed by atoms with van der Waals surface area (Å²) < 4.78 is 5.72. The van der Waals surface area contributed by atoms with Crippen LogP contribution in [0.25, 0.3) is 0 Å². The molecule has 0 bridgehead atoms. The maximum absolute atomic E-state index is 5.72. The highest BCUT2D eigenvalue weighted by Gasteiger charge is 2.07. The molecule has 1 nitrogen and oxygen atoms in total. The van der Waals surface area contributed by atoms with Gasteiger partial charge in [0.2, 0.25) is 0 Å². The summed E-state index contributed by atoms with van der Waals surface area (Å²) in [6.45, 7) is 5.23. The van der Waals surface area contributed by atoms with Gasteiger partial charge in [0, 0.05) is 0 Å². The fourth-order valence-electron chi connectivity index (χ4n) is 1.90. The molecule has 0 aliphatic rings. The van der Waals surface area contributed by atoms with Crippen molar-refractivity contribution < 1.29 is 4.74 Å².